The average molecular weight is 285 g/mol. The molecule has 0 N–H and O–H groups in total. The summed E-state index contributed by atoms with van der Waals surface area (Å²) in [4.78, 5) is 33.6. The first kappa shape index (κ1) is 14.6. The molecule has 1 aromatic heterocycles. The predicted molar refractivity (Wildman–Crippen MR) is 77.3 cm³/mol. The quantitative estimate of drug-likeness (QED) is 0.805. The number of aryl methyl sites for hydroxylation is 1. The number of hydrogen-bond acceptors (Lipinski definition) is 5. The maximum absolute atomic E-state index is 12.4. The molecule has 0 spiro atoms. The molecule has 0 aliphatic rings. The van der Waals surface area contributed by atoms with Crippen LogP contribution in [0.4, 0.5) is 5.69 Å². The van der Waals surface area contributed by atoms with E-state index in [1.165, 1.54) is 24.4 Å². The van der Waals surface area contributed by atoms with Gasteiger partial charge < -0.3 is 9.64 Å². The van der Waals surface area contributed by atoms with E-state index >= 15 is 0 Å². The number of benzene rings is 1. The third-order valence-corrected chi connectivity index (χ3v) is 2.98. The molecule has 0 radical (unpaired) electrons. The molecule has 1 aromatic carbocycles. The average Bonchev–Trinajstić information content (AvgIpc) is 2.53. The minimum Gasteiger partial charge on any atom is -0.465 e. The highest BCUT2D eigenvalue weighted by atomic mass is 16.5. The van der Waals surface area contributed by atoms with Crippen LogP contribution in [0.5, 0.6) is 0 Å². The van der Waals surface area contributed by atoms with Gasteiger partial charge in [0.2, 0.25) is 0 Å². The number of ether oxygens (including phenoxy) is 1. The van der Waals surface area contributed by atoms with Crippen LogP contribution in [-0.4, -0.2) is 36.0 Å². The zero-order chi connectivity index (χ0) is 15.4. The van der Waals surface area contributed by atoms with Gasteiger partial charge in [-0.1, -0.05) is 12.1 Å². The highest BCUT2D eigenvalue weighted by Gasteiger charge is 2.20. The lowest BCUT2D eigenvalue weighted by atomic mass is 10.1. The number of rotatable bonds is 3. The van der Waals surface area contributed by atoms with Crippen molar-refractivity contribution in [1.29, 1.82) is 0 Å². The Morgan fingerprint density at radius 3 is 2.48 bits per heavy atom. The number of hydrogen-bond donors (Lipinski definition) is 0. The van der Waals surface area contributed by atoms with Gasteiger partial charge in [0.05, 0.1) is 30.3 Å². The van der Waals surface area contributed by atoms with Crippen LogP contribution in [0.1, 0.15) is 26.5 Å². The lowest BCUT2D eigenvalue weighted by Gasteiger charge is -2.19. The first-order chi connectivity index (χ1) is 10.0. The molecule has 0 bridgehead atoms. The highest BCUT2D eigenvalue weighted by molar-refractivity contribution is 6.08. The monoisotopic (exact) mass is 285 g/mol. The van der Waals surface area contributed by atoms with E-state index in [0.29, 0.717) is 11.3 Å². The molecule has 2 aromatic rings. The lowest BCUT2D eigenvalue weighted by Crippen LogP contribution is -2.29. The van der Waals surface area contributed by atoms with Crippen molar-refractivity contribution in [2.24, 2.45) is 0 Å². The van der Waals surface area contributed by atoms with E-state index in [-0.39, 0.29) is 11.6 Å². The molecule has 6 nitrogen and oxygen atoms in total. The fourth-order valence-electron chi connectivity index (χ4n) is 1.83. The smallest absolute Gasteiger partial charge is 0.339 e. The summed E-state index contributed by atoms with van der Waals surface area (Å²) in [7, 11) is 2.87. The normalized spacial score (nSPS) is 10.0. The Hall–Kier alpha value is -2.76. The Balaban J connectivity index is 2.36. The Labute approximate surface area is 122 Å². The van der Waals surface area contributed by atoms with E-state index in [0.717, 1.165) is 5.69 Å². The summed E-state index contributed by atoms with van der Waals surface area (Å²) in [6, 6.07) is 6.73. The van der Waals surface area contributed by atoms with Gasteiger partial charge in [-0.05, 0) is 19.1 Å². The molecule has 21 heavy (non-hydrogen) atoms. The number of methoxy groups -OCH3 is 1. The number of para-hydroxylation sites is 1. The second-order valence-electron chi connectivity index (χ2n) is 4.42. The fraction of sp³-hybridized carbons (Fsp3) is 0.200. The van der Waals surface area contributed by atoms with E-state index in [4.69, 9.17) is 4.74 Å². The van der Waals surface area contributed by atoms with Gasteiger partial charge in [0.25, 0.3) is 5.91 Å². The summed E-state index contributed by atoms with van der Waals surface area (Å²) in [5, 5.41) is 0. The molecule has 2 rings (SSSR count). The minimum absolute atomic E-state index is 0.211. The number of aromatic nitrogens is 2. The van der Waals surface area contributed by atoms with Crippen molar-refractivity contribution in [2.45, 2.75) is 6.92 Å². The number of carbonyl (C=O) groups is 2. The fourth-order valence-corrected chi connectivity index (χ4v) is 1.83. The van der Waals surface area contributed by atoms with Gasteiger partial charge >= 0.3 is 5.97 Å². The van der Waals surface area contributed by atoms with Crippen LogP contribution in [-0.2, 0) is 4.74 Å². The Bertz CT molecular complexity index is 668. The number of esters is 1. The van der Waals surface area contributed by atoms with Gasteiger partial charge in [0.15, 0.2) is 0 Å². The summed E-state index contributed by atoms with van der Waals surface area (Å²) in [6.45, 7) is 1.79. The Morgan fingerprint density at radius 1 is 1.14 bits per heavy atom. The van der Waals surface area contributed by atoms with Crippen molar-refractivity contribution < 1.29 is 14.3 Å². The first-order valence-corrected chi connectivity index (χ1v) is 6.28. The third kappa shape index (κ3) is 3.05. The molecule has 1 amide bonds. The van der Waals surface area contributed by atoms with E-state index in [1.807, 2.05) is 0 Å². The van der Waals surface area contributed by atoms with Gasteiger partial charge in [-0.3, -0.25) is 9.78 Å². The van der Waals surface area contributed by atoms with Crippen molar-refractivity contribution in [1.82, 2.24) is 9.97 Å². The molecule has 0 aliphatic carbocycles. The summed E-state index contributed by atoms with van der Waals surface area (Å²) in [5.74, 6) is -0.848. The molecule has 0 aliphatic heterocycles. The first-order valence-electron chi connectivity index (χ1n) is 6.28. The minimum atomic E-state index is -0.500. The van der Waals surface area contributed by atoms with Crippen LogP contribution >= 0.6 is 0 Å². The van der Waals surface area contributed by atoms with E-state index in [1.54, 1.807) is 38.2 Å². The SMILES string of the molecule is COC(=O)c1ccccc1N(C)C(=O)c1cnc(C)cn1. The van der Waals surface area contributed by atoms with Gasteiger partial charge in [-0.25, -0.2) is 9.78 Å². The second-order valence-corrected chi connectivity index (χ2v) is 4.42. The lowest BCUT2D eigenvalue weighted by molar-refractivity contribution is 0.0601. The number of nitrogens with zero attached hydrogens (tertiary/aromatic N) is 3. The zero-order valence-corrected chi connectivity index (χ0v) is 12.0. The zero-order valence-electron chi connectivity index (χ0n) is 12.0. The van der Waals surface area contributed by atoms with Crippen LogP contribution in [0.25, 0.3) is 0 Å². The van der Waals surface area contributed by atoms with Crippen molar-refractivity contribution in [2.75, 3.05) is 19.1 Å². The molecule has 1 heterocycles. The summed E-state index contributed by atoms with van der Waals surface area (Å²) in [5.41, 5.74) is 1.71. The highest BCUT2D eigenvalue weighted by Crippen LogP contribution is 2.21. The van der Waals surface area contributed by atoms with Crippen LogP contribution in [0.3, 0.4) is 0 Å². The maximum Gasteiger partial charge on any atom is 0.339 e. The predicted octanol–water partition coefficient (Wildman–Crippen LogP) is 1.85. The molecule has 0 fully saturated rings. The standard InChI is InChI=1S/C15H15N3O3/c1-10-8-17-12(9-16-10)14(19)18(2)13-7-5-4-6-11(13)15(20)21-3/h4-9H,1-3H3. The largest absolute Gasteiger partial charge is 0.465 e. The molecular formula is C15H15N3O3. The van der Waals surface area contributed by atoms with Crippen LogP contribution in [0.15, 0.2) is 36.7 Å². The molecule has 6 heteroatoms. The van der Waals surface area contributed by atoms with E-state index in [9.17, 15) is 9.59 Å². The maximum atomic E-state index is 12.4. The van der Waals surface area contributed by atoms with Crippen molar-refractivity contribution >= 4 is 17.6 Å². The number of anilines is 1. The van der Waals surface area contributed by atoms with Gasteiger partial charge in [0.1, 0.15) is 5.69 Å². The summed E-state index contributed by atoms with van der Waals surface area (Å²) < 4.78 is 4.72. The van der Waals surface area contributed by atoms with Gasteiger partial charge in [0, 0.05) is 13.2 Å². The van der Waals surface area contributed by atoms with Crippen molar-refractivity contribution in [3.63, 3.8) is 0 Å². The number of carbonyl (C=O) groups excluding carboxylic acids is 2. The molecule has 0 saturated carbocycles. The van der Waals surface area contributed by atoms with Crippen LogP contribution in [0, 0.1) is 6.92 Å². The van der Waals surface area contributed by atoms with Crippen LogP contribution in [0.2, 0.25) is 0 Å². The van der Waals surface area contributed by atoms with Gasteiger partial charge in [-0.15, -0.1) is 0 Å². The van der Waals surface area contributed by atoms with Crippen molar-refractivity contribution in [3.8, 4) is 0 Å². The molecule has 0 unspecified atom stereocenters. The Morgan fingerprint density at radius 2 is 1.86 bits per heavy atom. The van der Waals surface area contributed by atoms with E-state index < -0.39 is 5.97 Å². The molecular weight excluding hydrogens is 270 g/mol. The topological polar surface area (TPSA) is 72.4 Å². The second kappa shape index (κ2) is 6.13. The summed E-state index contributed by atoms with van der Waals surface area (Å²) >= 11 is 0. The molecule has 0 atom stereocenters. The molecule has 108 valence electrons. The van der Waals surface area contributed by atoms with E-state index in [2.05, 4.69) is 9.97 Å². The Kier molecular flexibility index (Phi) is 4.27. The third-order valence-electron chi connectivity index (χ3n) is 2.98. The van der Waals surface area contributed by atoms with Crippen molar-refractivity contribution in [3.05, 3.63) is 53.6 Å². The van der Waals surface area contributed by atoms with Gasteiger partial charge in [-0.2, -0.15) is 0 Å². The van der Waals surface area contributed by atoms with Crippen LogP contribution < -0.4 is 4.90 Å². The molecule has 0 saturated heterocycles. The number of amides is 1. The summed E-state index contributed by atoms with van der Waals surface area (Å²) in [6.07, 6.45) is 2.93.